The maximum absolute atomic E-state index is 13.4. The van der Waals surface area contributed by atoms with E-state index in [9.17, 15) is 22.0 Å². The van der Waals surface area contributed by atoms with Gasteiger partial charge in [-0.25, -0.2) is 18.2 Å². The number of aromatic nitrogens is 2. The second-order valence-electron chi connectivity index (χ2n) is 5.70. The molecular weight excluding hydrogens is 380 g/mol. The van der Waals surface area contributed by atoms with E-state index in [-0.39, 0.29) is 22.6 Å². The first-order valence-corrected chi connectivity index (χ1v) is 9.63. The molecule has 0 radical (unpaired) electrons. The fourth-order valence-corrected chi connectivity index (χ4v) is 3.11. The van der Waals surface area contributed by atoms with Gasteiger partial charge in [-0.2, -0.15) is 8.78 Å². The predicted octanol–water partition coefficient (Wildman–Crippen LogP) is 3.16. The molecule has 0 saturated heterocycles. The molecule has 0 saturated carbocycles. The molecule has 142 valence electrons. The van der Waals surface area contributed by atoms with Gasteiger partial charge in [0.2, 0.25) is 10.0 Å². The van der Waals surface area contributed by atoms with E-state index in [1.807, 2.05) is 0 Å². The zero-order chi connectivity index (χ0) is 19.6. The number of imidazole rings is 1. The maximum atomic E-state index is 13.4. The highest BCUT2D eigenvalue weighted by molar-refractivity contribution is 7.92. The van der Waals surface area contributed by atoms with E-state index in [1.165, 1.54) is 30.3 Å². The van der Waals surface area contributed by atoms with Crippen LogP contribution >= 0.6 is 0 Å². The Morgan fingerprint density at radius 1 is 1.22 bits per heavy atom. The van der Waals surface area contributed by atoms with Crippen molar-refractivity contribution in [2.24, 2.45) is 0 Å². The van der Waals surface area contributed by atoms with Gasteiger partial charge >= 0.3 is 12.5 Å². The highest BCUT2D eigenvalue weighted by atomic mass is 32.2. The second-order valence-corrected chi connectivity index (χ2v) is 7.44. The lowest BCUT2D eigenvalue weighted by molar-refractivity contribution is 0.0387. The van der Waals surface area contributed by atoms with E-state index in [0.717, 1.165) is 6.26 Å². The molecule has 1 heterocycles. The minimum Gasteiger partial charge on any atom is -0.454 e. The Hall–Kier alpha value is -3.01. The number of fused-ring (bicyclic) bond motifs is 1. The molecule has 0 aliphatic carbocycles. The standard InChI is InChI=1S/C17H15F2N3O4S/c1-27(24,25)21-12-6-4-5-11(9-12)16(23)26-10-15-20-13-7-2-3-8-14(13)22(15)17(18)19/h2-9,17,21H,10H2,1H3. The lowest BCUT2D eigenvalue weighted by Crippen LogP contribution is -2.12. The molecule has 0 unspecified atom stereocenters. The number of nitrogens with one attached hydrogen (secondary N) is 1. The van der Waals surface area contributed by atoms with Crippen molar-refractivity contribution in [2.45, 2.75) is 13.2 Å². The number of carbonyl (C=O) groups is 1. The number of ether oxygens (including phenoxy) is 1. The zero-order valence-corrected chi connectivity index (χ0v) is 14.9. The number of hydrogen-bond donors (Lipinski definition) is 1. The summed E-state index contributed by atoms with van der Waals surface area (Å²) in [6, 6.07) is 12.0. The van der Waals surface area contributed by atoms with Crippen LogP contribution in [0.15, 0.2) is 48.5 Å². The molecule has 2 aromatic carbocycles. The van der Waals surface area contributed by atoms with Crippen molar-refractivity contribution in [3.63, 3.8) is 0 Å². The van der Waals surface area contributed by atoms with Crippen LogP contribution < -0.4 is 4.72 Å². The van der Waals surface area contributed by atoms with Crippen molar-refractivity contribution < 1.29 is 26.7 Å². The number of benzene rings is 2. The lowest BCUT2D eigenvalue weighted by Gasteiger charge is -2.09. The summed E-state index contributed by atoms with van der Waals surface area (Å²) in [5.41, 5.74) is 0.858. The van der Waals surface area contributed by atoms with E-state index < -0.39 is 29.1 Å². The summed E-state index contributed by atoms with van der Waals surface area (Å²) in [6.07, 6.45) is 0.979. The molecule has 0 fully saturated rings. The minimum absolute atomic E-state index is 0.0726. The number of alkyl halides is 2. The Kier molecular flexibility index (Phi) is 5.08. The van der Waals surface area contributed by atoms with E-state index in [1.54, 1.807) is 18.2 Å². The minimum atomic E-state index is -3.50. The van der Waals surface area contributed by atoms with Crippen molar-refractivity contribution >= 4 is 32.7 Å². The van der Waals surface area contributed by atoms with Gasteiger partial charge in [0, 0.05) is 5.69 Å². The molecule has 0 spiro atoms. The van der Waals surface area contributed by atoms with Crippen LogP contribution in [0.4, 0.5) is 14.5 Å². The summed E-state index contributed by atoms with van der Waals surface area (Å²) in [7, 11) is -3.50. The number of esters is 1. The first-order chi connectivity index (χ1) is 12.7. The van der Waals surface area contributed by atoms with Crippen LogP contribution in [0.5, 0.6) is 0 Å². The number of para-hydroxylation sites is 2. The van der Waals surface area contributed by atoms with Gasteiger partial charge in [0.15, 0.2) is 5.82 Å². The summed E-state index contributed by atoms with van der Waals surface area (Å²) >= 11 is 0. The van der Waals surface area contributed by atoms with Crippen LogP contribution in [0.3, 0.4) is 0 Å². The van der Waals surface area contributed by atoms with Crippen LogP contribution in [0.25, 0.3) is 11.0 Å². The molecule has 0 bridgehead atoms. The molecule has 0 aliphatic heterocycles. The Bertz CT molecular complexity index is 1100. The number of hydrogen-bond acceptors (Lipinski definition) is 5. The third-order valence-electron chi connectivity index (χ3n) is 3.60. The van der Waals surface area contributed by atoms with Gasteiger partial charge in [0.05, 0.1) is 22.9 Å². The quantitative estimate of drug-likeness (QED) is 0.648. The molecule has 0 atom stereocenters. The predicted molar refractivity (Wildman–Crippen MR) is 95.0 cm³/mol. The topological polar surface area (TPSA) is 90.3 Å². The van der Waals surface area contributed by atoms with Crippen molar-refractivity contribution in [3.05, 3.63) is 59.9 Å². The Labute approximate surface area is 153 Å². The third-order valence-corrected chi connectivity index (χ3v) is 4.20. The average molecular weight is 395 g/mol. The van der Waals surface area contributed by atoms with Gasteiger partial charge in [-0.3, -0.25) is 9.29 Å². The van der Waals surface area contributed by atoms with Crippen molar-refractivity contribution in [2.75, 3.05) is 11.0 Å². The van der Waals surface area contributed by atoms with Crippen molar-refractivity contribution in [3.8, 4) is 0 Å². The smallest absolute Gasteiger partial charge is 0.338 e. The molecule has 3 rings (SSSR count). The highest BCUT2D eigenvalue weighted by Gasteiger charge is 2.19. The van der Waals surface area contributed by atoms with E-state index in [4.69, 9.17) is 4.74 Å². The molecule has 27 heavy (non-hydrogen) atoms. The lowest BCUT2D eigenvalue weighted by atomic mass is 10.2. The number of carbonyl (C=O) groups excluding carboxylic acids is 1. The molecular formula is C17H15F2N3O4S. The normalized spacial score (nSPS) is 11.7. The van der Waals surface area contributed by atoms with Gasteiger partial charge in [-0.05, 0) is 30.3 Å². The average Bonchev–Trinajstić information content (AvgIpc) is 2.97. The van der Waals surface area contributed by atoms with E-state index in [2.05, 4.69) is 9.71 Å². The van der Waals surface area contributed by atoms with Crippen LogP contribution in [0.1, 0.15) is 22.7 Å². The molecule has 3 aromatic rings. The summed E-state index contributed by atoms with van der Waals surface area (Å²) in [6.45, 7) is -3.30. The van der Waals surface area contributed by atoms with Gasteiger partial charge in [-0.15, -0.1) is 0 Å². The molecule has 0 amide bonds. The van der Waals surface area contributed by atoms with E-state index >= 15 is 0 Å². The van der Waals surface area contributed by atoms with Gasteiger partial charge in [-0.1, -0.05) is 18.2 Å². The maximum Gasteiger partial charge on any atom is 0.338 e. The molecule has 10 heteroatoms. The molecule has 1 aromatic heterocycles. The molecule has 1 N–H and O–H groups in total. The first kappa shape index (κ1) is 18.8. The molecule has 7 nitrogen and oxygen atoms in total. The first-order valence-electron chi connectivity index (χ1n) is 7.73. The van der Waals surface area contributed by atoms with Crippen LogP contribution in [0.2, 0.25) is 0 Å². The highest BCUT2D eigenvalue weighted by Crippen LogP contribution is 2.23. The number of anilines is 1. The number of rotatable bonds is 6. The molecule has 0 aliphatic rings. The fourth-order valence-electron chi connectivity index (χ4n) is 2.55. The zero-order valence-electron chi connectivity index (χ0n) is 14.1. The summed E-state index contributed by atoms with van der Waals surface area (Å²) < 4.78 is 57.3. The van der Waals surface area contributed by atoms with Crippen molar-refractivity contribution in [1.29, 1.82) is 0 Å². The van der Waals surface area contributed by atoms with Crippen LogP contribution in [-0.4, -0.2) is 30.2 Å². The Balaban J connectivity index is 1.79. The number of halogens is 2. The summed E-state index contributed by atoms with van der Waals surface area (Å²) in [5, 5.41) is 0. The summed E-state index contributed by atoms with van der Waals surface area (Å²) in [5.74, 6) is -0.884. The fraction of sp³-hybridized carbons (Fsp3) is 0.176. The van der Waals surface area contributed by atoms with Gasteiger partial charge in [0.25, 0.3) is 0 Å². The van der Waals surface area contributed by atoms with Crippen LogP contribution in [0, 0.1) is 0 Å². The Morgan fingerprint density at radius 2 is 1.96 bits per heavy atom. The SMILES string of the molecule is CS(=O)(=O)Nc1cccc(C(=O)OCc2nc3ccccc3n2C(F)F)c1. The van der Waals surface area contributed by atoms with Gasteiger partial charge < -0.3 is 4.74 Å². The van der Waals surface area contributed by atoms with Crippen LogP contribution in [-0.2, 0) is 21.4 Å². The number of nitrogens with zero attached hydrogens (tertiary/aromatic N) is 2. The van der Waals surface area contributed by atoms with Crippen molar-refractivity contribution in [1.82, 2.24) is 9.55 Å². The Morgan fingerprint density at radius 3 is 2.67 bits per heavy atom. The van der Waals surface area contributed by atoms with Gasteiger partial charge in [0.1, 0.15) is 6.61 Å². The monoisotopic (exact) mass is 395 g/mol. The van der Waals surface area contributed by atoms with E-state index in [0.29, 0.717) is 10.1 Å². The number of sulfonamides is 1. The third kappa shape index (κ3) is 4.40. The second kappa shape index (κ2) is 7.31. The summed E-state index contributed by atoms with van der Waals surface area (Å²) in [4.78, 5) is 16.3. The largest absolute Gasteiger partial charge is 0.454 e.